The fourth-order valence-electron chi connectivity index (χ4n) is 3.21. The number of hydrogen-bond donors (Lipinski definition) is 2. The van der Waals surface area contributed by atoms with Crippen molar-refractivity contribution in [3.05, 3.63) is 48.0 Å². The van der Waals surface area contributed by atoms with Crippen LogP contribution >= 0.6 is 0 Å². The van der Waals surface area contributed by atoms with E-state index in [9.17, 15) is 0 Å². The van der Waals surface area contributed by atoms with Gasteiger partial charge >= 0.3 is 0 Å². The predicted octanol–water partition coefficient (Wildman–Crippen LogP) is 3.76. The van der Waals surface area contributed by atoms with Crippen LogP contribution in [0.15, 0.2) is 42.5 Å². The van der Waals surface area contributed by atoms with Crippen LogP contribution in [-0.4, -0.2) is 12.1 Å². The lowest BCUT2D eigenvalue weighted by atomic mass is 9.91. The van der Waals surface area contributed by atoms with Crippen LogP contribution in [0.5, 0.6) is 0 Å². The summed E-state index contributed by atoms with van der Waals surface area (Å²) in [5.74, 6) is 0. The number of benzene rings is 2. The van der Waals surface area contributed by atoms with Crippen LogP contribution in [0, 0.1) is 0 Å². The quantitative estimate of drug-likeness (QED) is 0.889. The topological polar surface area (TPSA) is 38.0 Å². The molecule has 3 N–H and O–H groups in total. The summed E-state index contributed by atoms with van der Waals surface area (Å²) in [6, 6.07) is 16.8. The molecular formula is C18H24N2. The Kier molecular flexibility index (Phi) is 4.04. The molecule has 0 radical (unpaired) electrons. The standard InChI is InChI=1S/C18H24N2/c1-13(20-18-10-8-17(19)9-11-18)15-7-6-14-4-2-3-5-16(14)12-15/h2-7,12-13,17-18,20H,8-11,19H2,1H3. The molecule has 1 unspecified atom stereocenters. The second-order valence-corrected chi connectivity index (χ2v) is 6.11. The van der Waals surface area contributed by atoms with E-state index in [-0.39, 0.29) is 0 Å². The van der Waals surface area contributed by atoms with Crippen LogP contribution in [0.3, 0.4) is 0 Å². The summed E-state index contributed by atoms with van der Waals surface area (Å²) in [5.41, 5.74) is 7.35. The van der Waals surface area contributed by atoms with Gasteiger partial charge in [0, 0.05) is 18.1 Å². The summed E-state index contributed by atoms with van der Waals surface area (Å²) in [6.45, 7) is 2.26. The molecule has 2 nitrogen and oxygen atoms in total. The second kappa shape index (κ2) is 5.94. The van der Waals surface area contributed by atoms with Gasteiger partial charge in [-0.3, -0.25) is 0 Å². The highest BCUT2D eigenvalue weighted by Crippen LogP contribution is 2.23. The van der Waals surface area contributed by atoms with E-state index in [2.05, 4.69) is 54.7 Å². The smallest absolute Gasteiger partial charge is 0.0294 e. The van der Waals surface area contributed by atoms with Gasteiger partial charge in [-0.25, -0.2) is 0 Å². The molecule has 2 aromatic carbocycles. The molecule has 2 aromatic rings. The Morgan fingerprint density at radius 1 is 1.00 bits per heavy atom. The first-order chi connectivity index (χ1) is 9.72. The lowest BCUT2D eigenvalue weighted by Gasteiger charge is -2.29. The number of nitrogens with one attached hydrogen (secondary N) is 1. The fraction of sp³-hybridized carbons (Fsp3) is 0.444. The van der Waals surface area contributed by atoms with Gasteiger partial charge in [0.1, 0.15) is 0 Å². The van der Waals surface area contributed by atoms with Crippen molar-refractivity contribution in [1.29, 1.82) is 0 Å². The van der Waals surface area contributed by atoms with Crippen LogP contribution in [0.4, 0.5) is 0 Å². The first kappa shape index (κ1) is 13.6. The zero-order valence-corrected chi connectivity index (χ0v) is 12.2. The average molecular weight is 268 g/mol. The minimum absolute atomic E-state index is 0.402. The monoisotopic (exact) mass is 268 g/mol. The molecule has 2 heteroatoms. The van der Waals surface area contributed by atoms with E-state index in [0.717, 1.165) is 12.8 Å². The lowest BCUT2D eigenvalue weighted by Crippen LogP contribution is -2.38. The summed E-state index contributed by atoms with van der Waals surface area (Å²) in [6.07, 6.45) is 4.72. The summed E-state index contributed by atoms with van der Waals surface area (Å²) in [5, 5.41) is 6.40. The van der Waals surface area contributed by atoms with Crippen LogP contribution in [-0.2, 0) is 0 Å². The Morgan fingerprint density at radius 3 is 2.45 bits per heavy atom. The molecule has 20 heavy (non-hydrogen) atoms. The van der Waals surface area contributed by atoms with Crippen molar-refractivity contribution in [2.45, 2.75) is 50.7 Å². The maximum Gasteiger partial charge on any atom is 0.0294 e. The first-order valence-electron chi connectivity index (χ1n) is 7.73. The van der Waals surface area contributed by atoms with Crippen molar-refractivity contribution >= 4 is 10.8 Å². The lowest BCUT2D eigenvalue weighted by molar-refractivity contribution is 0.322. The third-order valence-electron chi connectivity index (χ3n) is 4.53. The highest BCUT2D eigenvalue weighted by Gasteiger charge is 2.20. The molecule has 106 valence electrons. The molecule has 3 rings (SSSR count). The Bertz CT molecular complexity index is 570. The van der Waals surface area contributed by atoms with E-state index >= 15 is 0 Å². The Balaban J connectivity index is 1.70. The molecule has 0 saturated heterocycles. The molecule has 0 amide bonds. The maximum atomic E-state index is 5.97. The minimum atomic E-state index is 0.402. The van der Waals surface area contributed by atoms with E-state index in [1.807, 2.05) is 0 Å². The average Bonchev–Trinajstić information content (AvgIpc) is 2.49. The third kappa shape index (κ3) is 3.02. The first-order valence-corrected chi connectivity index (χ1v) is 7.73. The van der Waals surface area contributed by atoms with Crippen molar-refractivity contribution in [2.75, 3.05) is 0 Å². The van der Waals surface area contributed by atoms with Gasteiger partial charge in [0.05, 0.1) is 0 Å². The molecule has 0 aromatic heterocycles. The number of rotatable bonds is 3. The van der Waals surface area contributed by atoms with Gasteiger partial charge in [0.2, 0.25) is 0 Å². The molecule has 1 aliphatic carbocycles. The van der Waals surface area contributed by atoms with Crippen molar-refractivity contribution in [3.8, 4) is 0 Å². The fourth-order valence-corrected chi connectivity index (χ4v) is 3.21. The normalized spacial score (nSPS) is 24.7. The molecule has 1 fully saturated rings. The van der Waals surface area contributed by atoms with Crippen molar-refractivity contribution < 1.29 is 0 Å². The molecule has 0 spiro atoms. The van der Waals surface area contributed by atoms with Gasteiger partial charge < -0.3 is 11.1 Å². The van der Waals surface area contributed by atoms with Crippen molar-refractivity contribution in [1.82, 2.24) is 5.32 Å². The van der Waals surface area contributed by atoms with E-state index in [4.69, 9.17) is 5.73 Å². The molecule has 1 aliphatic rings. The number of fused-ring (bicyclic) bond motifs is 1. The minimum Gasteiger partial charge on any atom is -0.328 e. The molecule has 1 atom stereocenters. The van der Waals surface area contributed by atoms with Crippen molar-refractivity contribution in [3.63, 3.8) is 0 Å². The number of hydrogen-bond acceptors (Lipinski definition) is 2. The van der Waals surface area contributed by atoms with Crippen LogP contribution < -0.4 is 11.1 Å². The highest BCUT2D eigenvalue weighted by molar-refractivity contribution is 5.83. The molecule has 0 aliphatic heterocycles. The van der Waals surface area contributed by atoms with Gasteiger partial charge in [0.15, 0.2) is 0 Å². The Labute approximate surface area is 121 Å². The Morgan fingerprint density at radius 2 is 1.70 bits per heavy atom. The highest BCUT2D eigenvalue weighted by atomic mass is 14.9. The number of nitrogens with two attached hydrogens (primary N) is 1. The Hall–Kier alpha value is -1.38. The van der Waals surface area contributed by atoms with Crippen LogP contribution in [0.2, 0.25) is 0 Å². The molecule has 1 saturated carbocycles. The van der Waals surface area contributed by atoms with Gasteiger partial charge in [-0.2, -0.15) is 0 Å². The zero-order valence-electron chi connectivity index (χ0n) is 12.2. The van der Waals surface area contributed by atoms with Gasteiger partial charge in [-0.05, 0) is 55.0 Å². The molecule has 0 bridgehead atoms. The van der Waals surface area contributed by atoms with Gasteiger partial charge in [-0.1, -0.05) is 36.4 Å². The largest absolute Gasteiger partial charge is 0.328 e. The summed E-state index contributed by atoms with van der Waals surface area (Å²) in [7, 11) is 0. The summed E-state index contributed by atoms with van der Waals surface area (Å²) >= 11 is 0. The summed E-state index contributed by atoms with van der Waals surface area (Å²) < 4.78 is 0. The summed E-state index contributed by atoms with van der Waals surface area (Å²) in [4.78, 5) is 0. The second-order valence-electron chi connectivity index (χ2n) is 6.11. The van der Waals surface area contributed by atoms with E-state index in [1.165, 1.54) is 29.2 Å². The van der Waals surface area contributed by atoms with Crippen molar-refractivity contribution in [2.24, 2.45) is 5.73 Å². The maximum absolute atomic E-state index is 5.97. The zero-order chi connectivity index (χ0) is 13.9. The van der Waals surface area contributed by atoms with E-state index < -0.39 is 0 Å². The van der Waals surface area contributed by atoms with Crippen LogP contribution in [0.25, 0.3) is 10.8 Å². The van der Waals surface area contributed by atoms with Crippen LogP contribution in [0.1, 0.15) is 44.2 Å². The van der Waals surface area contributed by atoms with Gasteiger partial charge in [0.25, 0.3) is 0 Å². The van der Waals surface area contributed by atoms with E-state index in [1.54, 1.807) is 0 Å². The predicted molar refractivity (Wildman–Crippen MR) is 85.7 cm³/mol. The SMILES string of the molecule is CC(NC1CCC(N)CC1)c1ccc2ccccc2c1. The van der Waals surface area contributed by atoms with E-state index in [0.29, 0.717) is 18.1 Å². The van der Waals surface area contributed by atoms with Gasteiger partial charge in [-0.15, -0.1) is 0 Å². The molecular weight excluding hydrogens is 244 g/mol. The third-order valence-corrected chi connectivity index (χ3v) is 4.53. The molecule has 0 heterocycles.